The summed E-state index contributed by atoms with van der Waals surface area (Å²) in [6, 6.07) is -4.55. The molecule has 0 aromatic carbocycles. The van der Waals surface area contributed by atoms with Crippen LogP contribution in [0.5, 0.6) is 0 Å². The highest BCUT2D eigenvalue weighted by Crippen LogP contribution is 2.44. The zero-order valence-corrected chi connectivity index (χ0v) is 88.2. The van der Waals surface area contributed by atoms with E-state index in [1.165, 1.54) is 89.8 Å². The molecule has 7 N–H and O–H groups in total. The number of carbonyl (C=O) groups excluding carboxylic acids is 13. The van der Waals surface area contributed by atoms with Gasteiger partial charge in [-0.3, -0.25) is 62.3 Å². The second kappa shape index (κ2) is 58.4. The molecule has 3 saturated carbocycles. The van der Waals surface area contributed by atoms with Crippen LogP contribution in [-0.2, 0) is 119 Å². The minimum absolute atomic E-state index is 0.0309. The van der Waals surface area contributed by atoms with Crippen molar-refractivity contribution in [2.75, 3.05) is 68.9 Å². The smallest absolute Gasteiger partial charge is 0.328 e. The van der Waals surface area contributed by atoms with Crippen LogP contribution in [0.1, 0.15) is 310 Å². The fraction of sp³-hybridized carbons (Fsp3) is 0.811. The topological polar surface area (TPSA) is 485 Å². The van der Waals surface area contributed by atoms with E-state index in [9.17, 15) is 92.0 Å². The van der Waals surface area contributed by atoms with Crippen LogP contribution in [0.4, 0.5) is 0 Å². The molecule has 0 aromatic rings. The lowest BCUT2D eigenvalue weighted by Gasteiger charge is -2.44. The number of allylic oxidation sites excluding steroid dienone is 4. The molecular weight excluding hydrogens is 1810 g/mol. The lowest BCUT2D eigenvalue weighted by molar-refractivity contribution is -0.184. The summed E-state index contributed by atoms with van der Waals surface area (Å²) in [6.07, 6.45) is 25.1. The molecule has 9 aliphatic rings. The van der Waals surface area contributed by atoms with Crippen molar-refractivity contribution < 1.29 is 140 Å². The number of carbonyl (C=O) groups is 16. The van der Waals surface area contributed by atoms with Gasteiger partial charge in [-0.25, -0.2) is 14.4 Å². The van der Waals surface area contributed by atoms with Crippen LogP contribution < -0.4 is 11.1 Å². The highest BCUT2D eigenvalue weighted by molar-refractivity contribution is 6.40. The maximum atomic E-state index is 13.8. The fourth-order valence-corrected chi connectivity index (χ4v) is 21.9. The number of methoxy groups -OCH3 is 6. The van der Waals surface area contributed by atoms with Gasteiger partial charge in [0.1, 0.15) is 65.3 Å². The first kappa shape index (κ1) is 123. The molecule has 0 bridgehead atoms. The summed E-state index contributed by atoms with van der Waals surface area (Å²) < 4.78 is 50.0. The van der Waals surface area contributed by atoms with Gasteiger partial charge in [-0.05, 0) is 311 Å². The molecule has 34 heteroatoms. The molecule has 796 valence electrons. The summed E-state index contributed by atoms with van der Waals surface area (Å²) in [6.45, 7) is 31.3. The zero-order chi connectivity index (χ0) is 105. The minimum Gasteiger partial charge on any atom is -0.480 e. The quantitative estimate of drug-likeness (QED) is 0.0189. The number of carboxylic acid groups (broad SMARTS) is 3. The molecule has 29 atom stereocenters. The maximum Gasteiger partial charge on any atom is 0.328 e. The number of amides is 4. The number of aliphatic carboxylic acids is 3. The number of carboxylic acids is 3. The van der Waals surface area contributed by atoms with Crippen LogP contribution in [0, 0.1) is 76.9 Å². The number of aliphatic hydroxyl groups is 1. The van der Waals surface area contributed by atoms with Gasteiger partial charge < -0.3 is 88.8 Å². The summed E-state index contributed by atoms with van der Waals surface area (Å²) in [5, 5.41) is 40.8. The van der Waals surface area contributed by atoms with Crippen LogP contribution >= 0.6 is 0 Å². The van der Waals surface area contributed by atoms with Gasteiger partial charge in [-0.15, -0.1) is 0 Å². The lowest BCUT2D eigenvalue weighted by atomic mass is 9.72. The number of nitrogens with two attached hydrogens (primary N) is 1. The summed E-state index contributed by atoms with van der Waals surface area (Å²) in [5.41, 5.74) is 2.04. The van der Waals surface area contributed by atoms with Crippen molar-refractivity contribution in [2.24, 2.45) is 82.7 Å². The number of hydrogen-bond acceptors (Lipinski definition) is 27. The molecule has 6 saturated heterocycles. The molecule has 0 unspecified atom stereocenters. The minimum atomic E-state index is -1.43. The average Bonchev–Trinajstić information content (AvgIpc) is 0.777. The second-order valence-electron chi connectivity index (χ2n) is 42.5. The third-order valence-corrected chi connectivity index (χ3v) is 32.1. The predicted molar refractivity (Wildman–Crippen MR) is 523 cm³/mol. The van der Waals surface area contributed by atoms with Crippen LogP contribution in [0.15, 0.2) is 23.8 Å². The number of hydrogen-bond donors (Lipinski definition) is 6. The third-order valence-electron chi connectivity index (χ3n) is 32.1. The monoisotopic (exact) mass is 1980 g/mol. The Morgan fingerprint density at radius 2 is 0.807 bits per heavy atom. The molecule has 4 amide bonds. The van der Waals surface area contributed by atoms with Crippen molar-refractivity contribution >= 4 is 93.8 Å². The Morgan fingerprint density at radius 3 is 1.16 bits per heavy atom. The van der Waals surface area contributed by atoms with Crippen molar-refractivity contribution in [3.63, 3.8) is 0 Å². The number of aliphatic hydroxyl groups excluding tert-OH is 1. The van der Waals surface area contributed by atoms with Gasteiger partial charge in [0.25, 0.3) is 35.1 Å². The summed E-state index contributed by atoms with van der Waals surface area (Å²) in [7, 11) is 9.21. The van der Waals surface area contributed by atoms with Gasteiger partial charge in [-0.1, -0.05) is 81.2 Å². The summed E-state index contributed by atoms with van der Waals surface area (Å²) in [5.74, 6) is -6.37. The molecular formula is C106H173N5O29. The molecule has 140 heavy (non-hydrogen) atoms. The first-order valence-electron chi connectivity index (χ1n) is 51.4. The SMILES string of the molecule is COC(=O)[C@@H]1CCCCN1C(=O)C(=O)[C@]1(C)O[C@H](C[C@H](OC)C(C)=O)CC[C@H]1C.CO[C@@H](C[C@@H]1CC[C@@H](C)[C@](C)(C(=O)C(=O)N2CCCC[C@H]2C(=O)N[C@@H](C(=O)O)[C@H](C)C[C@@H]2CC[C@@H](C)[C@H](CO)C2)O1)C(C)=O.CO[C@@H](C[C@@H]1CC[C@@H](C)[C@](C)(C(=O)C(=O)N2CCCC[C@H]2C(=O)O)O1)C(C)=O.CO[C@@H]1C[C@H](C[C@@H](C)/C=C/C(=O)/C(C)=C/C(C)=O)CC[C@H]1C.CO[C@@H]1C[C@H](C[C@@H](C)[C@H](N)C(=O)O)CC[C@H]1C. The molecule has 0 spiro atoms. The molecule has 9 rings (SSSR count). The summed E-state index contributed by atoms with van der Waals surface area (Å²) >= 11 is 0. The molecule has 34 nitrogen and oxygen atoms in total. The van der Waals surface area contributed by atoms with E-state index in [1.807, 2.05) is 40.7 Å². The Bertz CT molecular complexity index is 4190. The van der Waals surface area contributed by atoms with Crippen LogP contribution in [0.2, 0.25) is 0 Å². The Kier molecular flexibility index (Phi) is 51.1. The highest BCUT2D eigenvalue weighted by atomic mass is 16.5. The van der Waals surface area contributed by atoms with E-state index in [2.05, 4.69) is 33.0 Å². The number of likely N-dealkylation sites (tertiary alicyclic amines) is 3. The standard InChI is InChI=1S/C33H54N2O9.C21H33NO7.C20H31NO7.C19H30O3.C13H25NO3/c1-19-10-12-23(16-24(19)18-36)15-20(2)28(32(41)42)34-30(39)26-9-7-8-14-35(26)31(40)29(38)33(5)21(3)11-13-25(44-33)17-27(43-6)22(4)37;1-13-9-10-15(12-17(27-4)14(2)23)29-21(13,3)18(24)19(25)22-11-7-6-8-16(22)20(26)28-5;1-12-8-9-14(11-16(27-4)13(2)22)28-20(12,3)17(23)18(24)21-10-6-5-7-15(21)19(25)26;1-13(6-9-18(21)15(3)11-16(4)20)10-17-8-7-14(2)19(12-17)22-5;1-8-4-5-10(7-11(8)17-3)6-9(2)12(14)13(15)16/h19-21,23-28,36H,7-18H2,1-6H3,(H,34,39)(H,41,42);13,15-17H,6-12H2,1-5H3;12,14-16H,5-11H2,1-4H3,(H,25,26);6,9,11,13-14,17,19H,7-8,10,12H2,1-5H3;8-12H,4-7,14H2,1-3H3,(H,15,16)/b;;;9-6+,15-11+;/t19-,20-,21-,23+,24+,25+,26+,27+,28-,33-;13-,15+,16+,17+,21-;12-,14+,15+,16+,20-;13-,14+,17-,19+;8-,9-,10+,11-,12+/m11101/s1. The number of piperidine rings is 3. The molecule has 0 radical (unpaired) electrons. The van der Waals surface area contributed by atoms with Crippen molar-refractivity contribution in [2.45, 2.75) is 406 Å². The fourth-order valence-electron chi connectivity index (χ4n) is 21.9. The van der Waals surface area contributed by atoms with E-state index in [0.717, 1.165) is 70.6 Å². The van der Waals surface area contributed by atoms with Crippen LogP contribution in [0.25, 0.3) is 0 Å². The van der Waals surface area contributed by atoms with Gasteiger partial charge in [0.05, 0.1) is 37.6 Å². The zero-order valence-electron chi connectivity index (χ0n) is 88.2. The van der Waals surface area contributed by atoms with Gasteiger partial charge in [0, 0.05) is 81.1 Å². The summed E-state index contributed by atoms with van der Waals surface area (Å²) in [4.78, 5) is 202. The molecule has 3 aliphatic carbocycles. The number of Topliss-reactive ketones (excluding diaryl/α,β-unsaturated/α-hetero) is 6. The Morgan fingerprint density at radius 1 is 0.443 bits per heavy atom. The lowest BCUT2D eigenvalue weighted by Crippen LogP contribution is -2.61. The molecule has 0 aromatic heterocycles. The number of nitrogens with one attached hydrogen (secondary N) is 1. The number of esters is 1. The normalized spacial score (nSPS) is 31.6. The number of ketones is 8. The van der Waals surface area contributed by atoms with E-state index in [1.54, 1.807) is 48.0 Å². The highest BCUT2D eigenvalue weighted by Gasteiger charge is 2.55. The largest absolute Gasteiger partial charge is 0.480 e. The first-order chi connectivity index (χ1) is 65.8. The van der Waals surface area contributed by atoms with E-state index < -0.39 is 136 Å². The van der Waals surface area contributed by atoms with Gasteiger partial charge in [0.15, 0.2) is 28.9 Å². The molecule has 6 aliphatic heterocycles. The van der Waals surface area contributed by atoms with Crippen molar-refractivity contribution in [3.8, 4) is 0 Å². The average molecular weight is 1980 g/mol. The van der Waals surface area contributed by atoms with E-state index >= 15 is 0 Å². The predicted octanol–water partition coefficient (Wildman–Crippen LogP) is 12.4. The van der Waals surface area contributed by atoms with Gasteiger partial charge >= 0.3 is 23.9 Å². The first-order valence-corrected chi connectivity index (χ1v) is 51.4. The van der Waals surface area contributed by atoms with Crippen LogP contribution in [0.3, 0.4) is 0 Å². The van der Waals surface area contributed by atoms with Crippen molar-refractivity contribution in [3.05, 3.63) is 23.8 Å². The van der Waals surface area contributed by atoms with Gasteiger partial charge in [-0.2, -0.15) is 0 Å². The second-order valence-corrected chi connectivity index (χ2v) is 42.5. The van der Waals surface area contributed by atoms with E-state index in [4.69, 9.17) is 53.5 Å². The van der Waals surface area contributed by atoms with E-state index in [-0.39, 0.29) is 109 Å². The van der Waals surface area contributed by atoms with Crippen molar-refractivity contribution in [1.29, 1.82) is 0 Å². The molecule has 6 heterocycles. The third kappa shape index (κ3) is 35.0. The maximum absolute atomic E-state index is 13.8. The van der Waals surface area contributed by atoms with Crippen LogP contribution in [-0.4, -0.2) is 294 Å². The number of rotatable bonds is 39. The Labute approximate surface area is 831 Å². The number of nitrogens with zero attached hydrogens (tertiary/aromatic N) is 3. The Hall–Kier alpha value is -7.80. The van der Waals surface area contributed by atoms with E-state index in [0.29, 0.717) is 163 Å². The van der Waals surface area contributed by atoms with Gasteiger partial charge in [0.2, 0.25) is 5.91 Å². The van der Waals surface area contributed by atoms with Crippen molar-refractivity contribution in [1.82, 2.24) is 20.0 Å². The number of ether oxygens (including phenoxy) is 9. The molecule has 9 fully saturated rings. The Balaban J connectivity index is 0.000000320.